The molecule has 1 nitrogen and oxygen atoms in total. The van der Waals surface area contributed by atoms with Crippen molar-refractivity contribution in [2.24, 2.45) is 0 Å². The van der Waals surface area contributed by atoms with Gasteiger partial charge in [0.1, 0.15) is 0 Å². The molecule has 0 fully saturated rings. The van der Waals surface area contributed by atoms with Crippen LogP contribution in [0.5, 0.6) is 0 Å². The molecule has 56 valence electrons. The van der Waals surface area contributed by atoms with Crippen LogP contribution in [0, 0.1) is 0 Å². The minimum absolute atomic E-state index is 1.03. The predicted octanol–water partition coefficient (Wildman–Crippen LogP) is 2.65. The number of hydrogen-bond donors (Lipinski definition) is 0. The summed E-state index contributed by atoms with van der Waals surface area (Å²) < 4.78 is 5.15. The molecule has 0 aromatic carbocycles. The second-order valence-corrected chi connectivity index (χ2v) is 2.47. The number of ether oxygens (including phenoxy) is 1. The summed E-state index contributed by atoms with van der Waals surface area (Å²) in [5, 5.41) is 0. The van der Waals surface area contributed by atoms with E-state index in [4.69, 9.17) is 4.74 Å². The van der Waals surface area contributed by atoms with E-state index in [-0.39, 0.29) is 0 Å². The molecular weight excluding hydrogens is 124 g/mol. The molecular formula is C9H14O. The van der Waals surface area contributed by atoms with Gasteiger partial charge in [-0.2, -0.15) is 0 Å². The molecule has 1 aliphatic rings. The first-order valence-corrected chi connectivity index (χ1v) is 3.81. The molecule has 0 amide bonds. The Kier molecular flexibility index (Phi) is 3.07. The molecule has 0 radical (unpaired) electrons. The Hall–Kier alpha value is -0.720. The molecule has 0 saturated carbocycles. The van der Waals surface area contributed by atoms with Crippen LogP contribution in [0.1, 0.15) is 25.7 Å². The lowest BCUT2D eigenvalue weighted by Crippen LogP contribution is -1.88. The van der Waals surface area contributed by atoms with Gasteiger partial charge < -0.3 is 4.74 Å². The summed E-state index contributed by atoms with van der Waals surface area (Å²) in [6.07, 6.45) is 11.1. The van der Waals surface area contributed by atoms with Crippen LogP contribution >= 0.6 is 0 Å². The van der Waals surface area contributed by atoms with Crippen LogP contribution in [0.3, 0.4) is 0 Å². The van der Waals surface area contributed by atoms with Crippen LogP contribution < -0.4 is 0 Å². The molecule has 0 aliphatic heterocycles. The van der Waals surface area contributed by atoms with Gasteiger partial charge >= 0.3 is 0 Å². The van der Waals surface area contributed by atoms with E-state index >= 15 is 0 Å². The molecule has 1 heteroatoms. The Balaban J connectivity index is 2.45. The van der Waals surface area contributed by atoms with Crippen molar-refractivity contribution in [1.29, 1.82) is 0 Å². The third-order valence-corrected chi connectivity index (χ3v) is 1.70. The number of hydrogen-bond acceptors (Lipinski definition) is 1. The van der Waals surface area contributed by atoms with E-state index in [1.165, 1.54) is 12.8 Å². The van der Waals surface area contributed by atoms with E-state index in [0.29, 0.717) is 0 Å². The maximum Gasteiger partial charge on any atom is 0.0918 e. The number of methoxy groups -OCH3 is 1. The van der Waals surface area contributed by atoms with Gasteiger partial charge in [0.2, 0.25) is 0 Å². The highest BCUT2D eigenvalue weighted by Gasteiger charge is 1.96. The summed E-state index contributed by atoms with van der Waals surface area (Å²) >= 11 is 0. The second kappa shape index (κ2) is 4.15. The molecule has 1 rings (SSSR count). The van der Waals surface area contributed by atoms with Gasteiger partial charge in [0.15, 0.2) is 0 Å². The average Bonchev–Trinajstić information content (AvgIpc) is 1.87. The SMILES string of the molecule is COC1=CCC=CCCC1. The van der Waals surface area contributed by atoms with Crippen molar-refractivity contribution < 1.29 is 4.74 Å². The van der Waals surface area contributed by atoms with Gasteiger partial charge in [0.05, 0.1) is 12.9 Å². The Morgan fingerprint density at radius 1 is 1.40 bits per heavy atom. The third kappa shape index (κ3) is 2.26. The van der Waals surface area contributed by atoms with E-state index in [0.717, 1.165) is 18.6 Å². The summed E-state index contributed by atoms with van der Waals surface area (Å²) in [5.74, 6) is 1.14. The third-order valence-electron chi connectivity index (χ3n) is 1.70. The van der Waals surface area contributed by atoms with Crippen LogP contribution in [-0.4, -0.2) is 7.11 Å². The highest BCUT2D eigenvalue weighted by Crippen LogP contribution is 2.12. The first-order valence-electron chi connectivity index (χ1n) is 3.81. The summed E-state index contributed by atoms with van der Waals surface area (Å²) in [6, 6.07) is 0. The Bertz CT molecular complexity index is 145. The summed E-state index contributed by atoms with van der Waals surface area (Å²) in [5.41, 5.74) is 0. The fraction of sp³-hybridized carbons (Fsp3) is 0.556. The zero-order chi connectivity index (χ0) is 7.23. The van der Waals surface area contributed by atoms with Crippen molar-refractivity contribution >= 4 is 0 Å². The van der Waals surface area contributed by atoms with Gasteiger partial charge in [-0.3, -0.25) is 0 Å². The molecule has 10 heavy (non-hydrogen) atoms. The van der Waals surface area contributed by atoms with E-state index in [2.05, 4.69) is 18.2 Å². The lowest BCUT2D eigenvalue weighted by molar-refractivity contribution is 0.273. The summed E-state index contributed by atoms with van der Waals surface area (Å²) in [7, 11) is 1.75. The number of allylic oxidation sites excluding steroid dienone is 4. The van der Waals surface area contributed by atoms with Gasteiger partial charge in [0, 0.05) is 6.42 Å². The average molecular weight is 138 g/mol. The fourth-order valence-corrected chi connectivity index (χ4v) is 1.10. The highest BCUT2D eigenvalue weighted by atomic mass is 16.5. The van der Waals surface area contributed by atoms with Crippen LogP contribution in [0.25, 0.3) is 0 Å². The molecule has 0 saturated heterocycles. The van der Waals surface area contributed by atoms with E-state index in [9.17, 15) is 0 Å². The molecule has 0 unspecified atom stereocenters. The molecule has 0 atom stereocenters. The first kappa shape index (κ1) is 7.39. The van der Waals surface area contributed by atoms with Crippen molar-refractivity contribution in [2.75, 3.05) is 7.11 Å². The Morgan fingerprint density at radius 3 is 3.10 bits per heavy atom. The smallest absolute Gasteiger partial charge is 0.0918 e. The maximum atomic E-state index is 5.15. The van der Waals surface area contributed by atoms with E-state index < -0.39 is 0 Å². The minimum atomic E-state index is 1.03. The predicted molar refractivity (Wildman–Crippen MR) is 42.7 cm³/mol. The molecule has 0 aromatic heterocycles. The molecule has 1 aliphatic carbocycles. The van der Waals surface area contributed by atoms with Gasteiger partial charge in [-0.1, -0.05) is 12.2 Å². The standard InChI is InChI=1S/C9H14O/c1-10-9-7-5-3-2-4-6-8-9/h2-3,7H,4-6,8H2,1H3. The van der Waals surface area contributed by atoms with Gasteiger partial charge in [-0.25, -0.2) is 0 Å². The monoisotopic (exact) mass is 138 g/mol. The van der Waals surface area contributed by atoms with Gasteiger partial charge in [-0.15, -0.1) is 0 Å². The molecule has 0 bridgehead atoms. The Labute approximate surface area is 62.4 Å². The molecule has 0 N–H and O–H groups in total. The normalized spacial score (nSPS) is 19.1. The molecule has 0 aromatic rings. The molecule has 0 spiro atoms. The van der Waals surface area contributed by atoms with Crippen LogP contribution in [0.4, 0.5) is 0 Å². The maximum absolute atomic E-state index is 5.15. The van der Waals surface area contributed by atoms with Crippen LogP contribution in [0.2, 0.25) is 0 Å². The van der Waals surface area contributed by atoms with Crippen LogP contribution in [-0.2, 0) is 4.74 Å². The van der Waals surface area contributed by atoms with Gasteiger partial charge in [0.25, 0.3) is 0 Å². The quantitative estimate of drug-likeness (QED) is 0.506. The lowest BCUT2D eigenvalue weighted by atomic mass is 10.1. The van der Waals surface area contributed by atoms with Crippen molar-refractivity contribution in [3.05, 3.63) is 24.0 Å². The summed E-state index contributed by atoms with van der Waals surface area (Å²) in [6.45, 7) is 0. The Morgan fingerprint density at radius 2 is 2.30 bits per heavy atom. The van der Waals surface area contributed by atoms with Crippen molar-refractivity contribution in [3.8, 4) is 0 Å². The lowest BCUT2D eigenvalue weighted by Gasteiger charge is -2.05. The first-order chi connectivity index (χ1) is 4.93. The van der Waals surface area contributed by atoms with Gasteiger partial charge in [-0.05, 0) is 25.3 Å². The molecule has 0 heterocycles. The van der Waals surface area contributed by atoms with Crippen molar-refractivity contribution in [2.45, 2.75) is 25.7 Å². The highest BCUT2D eigenvalue weighted by molar-refractivity contribution is 5.01. The van der Waals surface area contributed by atoms with Crippen molar-refractivity contribution in [3.63, 3.8) is 0 Å². The number of rotatable bonds is 1. The second-order valence-electron chi connectivity index (χ2n) is 2.47. The van der Waals surface area contributed by atoms with E-state index in [1.54, 1.807) is 7.11 Å². The van der Waals surface area contributed by atoms with Crippen molar-refractivity contribution in [1.82, 2.24) is 0 Å². The van der Waals surface area contributed by atoms with E-state index in [1.807, 2.05) is 0 Å². The zero-order valence-electron chi connectivity index (χ0n) is 6.47. The van der Waals surface area contributed by atoms with Crippen LogP contribution in [0.15, 0.2) is 24.0 Å². The fourth-order valence-electron chi connectivity index (χ4n) is 1.10. The summed E-state index contributed by atoms with van der Waals surface area (Å²) in [4.78, 5) is 0. The minimum Gasteiger partial charge on any atom is -0.501 e. The largest absolute Gasteiger partial charge is 0.501 e. The topological polar surface area (TPSA) is 9.23 Å². The zero-order valence-corrected chi connectivity index (χ0v) is 6.47.